The summed E-state index contributed by atoms with van der Waals surface area (Å²) in [7, 11) is 0. The van der Waals surface area contributed by atoms with E-state index in [0.29, 0.717) is 21.5 Å². The molecule has 38 heavy (non-hydrogen) atoms. The number of aliphatic carboxylic acids is 1. The number of hydrogen-bond acceptors (Lipinski definition) is 5. The number of rotatable bonds is 10. The van der Waals surface area contributed by atoms with Gasteiger partial charge in [-0.15, -0.1) is 16.9 Å². The Morgan fingerprint density at radius 3 is 2.34 bits per heavy atom. The standard InChI is InChI=1S/C29H29Cl2N3O3S/c1-18(2)27-25(34(33-32-27)28-23(30)9-6-10-24(28)31)17-37-21-13-11-20(12-14-21)29(3,4)38-22-8-5-7-19(15-22)16-26(35)36/h5-15,18H,16-17H2,1-4H3,(H,35,36). The Balaban J connectivity index is 1.51. The molecule has 1 aromatic heterocycles. The third-order valence-electron chi connectivity index (χ3n) is 6.04. The molecule has 0 fully saturated rings. The largest absolute Gasteiger partial charge is 0.487 e. The van der Waals surface area contributed by atoms with Crippen LogP contribution >= 0.6 is 35.0 Å². The highest BCUT2D eigenvalue weighted by molar-refractivity contribution is 8.00. The van der Waals surface area contributed by atoms with Crippen LogP contribution in [0.2, 0.25) is 10.0 Å². The predicted molar refractivity (Wildman–Crippen MR) is 153 cm³/mol. The van der Waals surface area contributed by atoms with Crippen LogP contribution in [0.25, 0.3) is 5.69 Å². The van der Waals surface area contributed by atoms with Gasteiger partial charge in [-0.2, -0.15) is 0 Å². The van der Waals surface area contributed by atoms with Crippen molar-refractivity contribution in [3.63, 3.8) is 0 Å². The maximum absolute atomic E-state index is 11.1. The highest BCUT2D eigenvalue weighted by Gasteiger charge is 2.23. The summed E-state index contributed by atoms with van der Waals surface area (Å²) in [6, 6.07) is 21.0. The topological polar surface area (TPSA) is 77.2 Å². The fourth-order valence-electron chi connectivity index (χ4n) is 4.12. The summed E-state index contributed by atoms with van der Waals surface area (Å²) in [5.74, 6) is 0.0137. The third kappa shape index (κ3) is 6.52. The van der Waals surface area contributed by atoms with Crippen LogP contribution in [0.3, 0.4) is 0 Å². The van der Waals surface area contributed by atoms with Gasteiger partial charge in [0.2, 0.25) is 0 Å². The number of benzene rings is 3. The zero-order chi connectivity index (χ0) is 27.4. The van der Waals surface area contributed by atoms with E-state index in [-0.39, 0.29) is 23.7 Å². The quantitative estimate of drug-likeness (QED) is 0.195. The molecule has 0 bridgehead atoms. The minimum Gasteiger partial charge on any atom is -0.487 e. The summed E-state index contributed by atoms with van der Waals surface area (Å²) in [5.41, 5.74) is 4.09. The maximum Gasteiger partial charge on any atom is 0.307 e. The van der Waals surface area contributed by atoms with Crippen LogP contribution in [-0.2, 0) is 22.6 Å². The average Bonchev–Trinajstić information content (AvgIpc) is 3.26. The van der Waals surface area contributed by atoms with E-state index in [1.54, 1.807) is 34.6 Å². The molecule has 0 aliphatic heterocycles. The lowest BCUT2D eigenvalue weighted by Gasteiger charge is -2.25. The van der Waals surface area contributed by atoms with E-state index in [0.717, 1.165) is 27.4 Å². The number of ether oxygens (including phenoxy) is 1. The van der Waals surface area contributed by atoms with Crippen molar-refractivity contribution in [1.29, 1.82) is 0 Å². The van der Waals surface area contributed by atoms with Crippen LogP contribution in [0.5, 0.6) is 5.75 Å². The molecule has 4 aromatic rings. The Morgan fingerprint density at radius 1 is 1.05 bits per heavy atom. The molecule has 4 rings (SSSR count). The molecule has 6 nitrogen and oxygen atoms in total. The molecule has 1 N–H and O–H groups in total. The molecule has 0 amide bonds. The Labute approximate surface area is 236 Å². The molecular formula is C29H29Cl2N3O3S. The van der Waals surface area contributed by atoms with Gasteiger partial charge in [-0.1, -0.05) is 72.6 Å². The molecule has 0 unspecified atom stereocenters. The minimum atomic E-state index is -0.837. The Bertz CT molecular complexity index is 1420. The van der Waals surface area contributed by atoms with E-state index in [9.17, 15) is 4.79 Å². The van der Waals surface area contributed by atoms with Gasteiger partial charge in [-0.25, -0.2) is 4.68 Å². The summed E-state index contributed by atoms with van der Waals surface area (Å²) in [4.78, 5) is 12.1. The van der Waals surface area contributed by atoms with Crippen molar-refractivity contribution < 1.29 is 14.6 Å². The van der Waals surface area contributed by atoms with Gasteiger partial charge in [-0.05, 0) is 67.3 Å². The van der Waals surface area contributed by atoms with Crippen LogP contribution in [0.1, 0.15) is 56.1 Å². The van der Waals surface area contributed by atoms with E-state index in [1.807, 2.05) is 48.5 Å². The van der Waals surface area contributed by atoms with Gasteiger partial charge < -0.3 is 9.84 Å². The van der Waals surface area contributed by atoms with Crippen LogP contribution in [-0.4, -0.2) is 26.1 Å². The Hall–Kier alpha value is -3.00. The minimum absolute atomic E-state index is 0.0104. The van der Waals surface area contributed by atoms with Gasteiger partial charge in [0.25, 0.3) is 0 Å². The van der Waals surface area contributed by atoms with Crippen molar-refractivity contribution in [2.75, 3.05) is 0 Å². The smallest absolute Gasteiger partial charge is 0.307 e. The summed E-state index contributed by atoms with van der Waals surface area (Å²) in [6.07, 6.45) is 0.0104. The summed E-state index contributed by atoms with van der Waals surface area (Å²) in [6.45, 7) is 8.64. The first kappa shape index (κ1) is 28.0. The lowest BCUT2D eigenvalue weighted by molar-refractivity contribution is -0.136. The molecule has 198 valence electrons. The van der Waals surface area contributed by atoms with Crippen molar-refractivity contribution in [3.8, 4) is 11.4 Å². The van der Waals surface area contributed by atoms with Crippen LogP contribution in [0.4, 0.5) is 0 Å². The summed E-state index contributed by atoms with van der Waals surface area (Å²) in [5, 5.41) is 18.8. The van der Waals surface area contributed by atoms with Crippen molar-refractivity contribution in [1.82, 2.24) is 15.0 Å². The Morgan fingerprint density at radius 2 is 1.71 bits per heavy atom. The van der Waals surface area contributed by atoms with Gasteiger partial charge in [0, 0.05) is 9.64 Å². The number of aromatic nitrogens is 3. The molecule has 0 aliphatic carbocycles. The lowest BCUT2D eigenvalue weighted by atomic mass is 10.0. The zero-order valence-corrected chi connectivity index (χ0v) is 23.9. The molecule has 0 saturated heterocycles. The lowest BCUT2D eigenvalue weighted by Crippen LogP contribution is -2.12. The SMILES string of the molecule is CC(C)c1nnn(-c2c(Cl)cccc2Cl)c1COc1ccc(C(C)(C)Sc2cccc(CC(=O)O)c2)cc1. The average molecular weight is 571 g/mol. The van der Waals surface area contributed by atoms with Gasteiger partial charge in [0.05, 0.1) is 22.2 Å². The van der Waals surface area contributed by atoms with Crippen molar-refractivity contribution >= 4 is 40.9 Å². The zero-order valence-electron chi connectivity index (χ0n) is 21.6. The summed E-state index contributed by atoms with van der Waals surface area (Å²) < 4.78 is 7.59. The molecule has 0 aliphatic rings. The second-order valence-electron chi connectivity index (χ2n) is 9.70. The molecule has 0 spiro atoms. The number of para-hydroxylation sites is 1. The van der Waals surface area contributed by atoms with Gasteiger partial charge >= 0.3 is 5.97 Å². The first-order valence-corrected chi connectivity index (χ1v) is 13.7. The maximum atomic E-state index is 11.1. The molecule has 0 saturated carbocycles. The summed E-state index contributed by atoms with van der Waals surface area (Å²) >= 11 is 14.6. The number of halogens is 2. The molecule has 3 aromatic carbocycles. The number of carbonyl (C=O) groups is 1. The van der Waals surface area contributed by atoms with Crippen molar-refractivity contribution in [2.24, 2.45) is 0 Å². The molecule has 9 heteroatoms. The number of carboxylic acid groups (broad SMARTS) is 1. The first-order valence-electron chi connectivity index (χ1n) is 12.2. The second-order valence-corrected chi connectivity index (χ2v) is 12.2. The number of hydrogen-bond donors (Lipinski definition) is 1. The second kappa shape index (κ2) is 11.8. The van der Waals surface area contributed by atoms with E-state index in [2.05, 4.69) is 38.0 Å². The molecule has 1 heterocycles. The van der Waals surface area contributed by atoms with Gasteiger partial charge in [0.1, 0.15) is 23.7 Å². The van der Waals surface area contributed by atoms with E-state index in [1.165, 1.54) is 0 Å². The van der Waals surface area contributed by atoms with E-state index >= 15 is 0 Å². The van der Waals surface area contributed by atoms with E-state index in [4.69, 9.17) is 33.0 Å². The normalized spacial score (nSPS) is 11.7. The van der Waals surface area contributed by atoms with Crippen LogP contribution in [0.15, 0.2) is 71.6 Å². The number of carboxylic acids is 1. The number of nitrogens with zero attached hydrogens (tertiary/aromatic N) is 3. The number of thioether (sulfide) groups is 1. The van der Waals surface area contributed by atoms with Crippen molar-refractivity contribution in [3.05, 3.63) is 99.3 Å². The van der Waals surface area contributed by atoms with Gasteiger partial charge in [0.15, 0.2) is 0 Å². The monoisotopic (exact) mass is 569 g/mol. The fraction of sp³-hybridized carbons (Fsp3) is 0.276. The predicted octanol–water partition coefficient (Wildman–Crippen LogP) is 7.93. The van der Waals surface area contributed by atoms with Crippen molar-refractivity contribution in [2.45, 2.75) is 56.3 Å². The third-order valence-corrected chi connectivity index (χ3v) is 7.89. The molecule has 0 radical (unpaired) electrons. The molecule has 0 atom stereocenters. The van der Waals surface area contributed by atoms with Gasteiger partial charge in [-0.3, -0.25) is 4.79 Å². The van der Waals surface area contributed by atoms with Crippen LogP contribution < -0.4 is 4.74 Å². The first-order chi connectivity index (χ1) is 18.0. The highest BCUT2D eigenvalue weighted by atomic mass is 35.5. The Kier molecular flexibility index (Phi) is 8.71. The van der Waals surface area contributed by atoms with Crippen LogP contribution in [0, 0.1) is 0 Å². The molecular weight excluding hydrogens is 541 g/mol. The highest BCUT2D eigenvalue weighted by Crippen LogP contribution is 2.41. The van der Waals surface area contributed by atoms with E-state index < -0.39 is 5.97 Å². The fourth-order valence-corrected chi connectivity index (χ4v) is 5.88.